The van der Waals surface area contributed by atoms with Gasteiger partial charge in [0.25, 0.3) is 0 Å². The minimum atomic E-state index is -2.10. The van der Waals surface area contributed by atoms with Crippen LogP contribution < -0.4 is 10.6 Å². The van der Waals surface area contributed by atoms with Crippen molar-refractivity contribution in [3.8, 4) is 0 Å². The molecular weight excluding hydrogens is 852 g/mol. The zero-order valence-electron chi connectivity index (χ0n) is 33.2. The second-order valence-corrected chi connectivity index (χ2v) is 15.4. The number of rotatable bonds is 15. The maximum absolute atomic E-state index is 12.5. The van der Waals surface area contributed by atoms with Crippen LogP contribution in [-0.4, -0.2) is 275 Å². The molecule has 5 rings (SSSR count). The minimum absolute atomic E-state index is 0.726. The fourth-order valence-electron chi connectivity index (χ4n) is 7.83. The van der Waals surface area contributed by atoms with Crippen LogP contribution in [0.1, 0.15) is 13.8 Å². The lowest BCUT2D eigenvalue weighted by Crippen LogP contribution is -2.70. The molecule has 0 saturated carbocycles. The third-order valence-electron chi connectivity index (χ3n) is 11.1. The Hall–Kier alpha value is -2.02. The van der Waals surface area contributed by atoms with Crippen LogP contribution in [0.3, 0.4) is 0 Å². The van der Waals surface area contributed by atoms with E-state index in [1.165, 1.54) is 0 Å². The Bertz CT molecular complexity index is 1440. The van der Waals surface area contributed by atoms with E-state index >= 15 is 0 Å². The maximum atomic E-state index is 12.5. The molecule has 2 amide bonds. The second kappa shape index (κ2) is 22.0. The Kier molecular flexibility index (Phi) is 18.1. The summed E-state index contributed by atoms with van der Waals surface area (Å²) in [6.45, 7) is -2.53. The van der Waals surface area contributed by atoms with E-state index in [0.29, 0.717) is 0 Å². The molecule has 25 atom stereocenters. The topological polar surface area (TPSA) is 445 Å². The molecule has 0 spiro atoms. The summed E-state index contributed by atoms with van der Waals surface area (Å²) < 4.78 is 50.7. The van der Waals surface area contributed by atoms with Crippen molar-refractivity contribution < 1.29 is 129 Å². The van der Waals surface area contributed by atoms with Crippen molar-refractivity contribution in [1.29, 1.82) is 0 Å². The average molecular weight is 911 g/mol. The zero-order chi connectivity index (χ0) is 45.9. The van der Waals surface area contributed by atoms with Crippen molar-refractivity contribution in [3.63, 3.8) is 0 Å². The first-order valence-corrected chi connectivity index (χ1v) is 19.6. The first-order valence-electron chi connectivity index (χ1n) is 19.6. The van der Waals surface area contributed by atoms with Gasteiger partial charge in [-0.3, -0.25) is 9.59 Å². The molecule has 28 nitrogen and oxygen atoms in total. The van der Waals surface area contributed by atoms with Crippen LogP contribution in [-0.2, 0) is 52.2 Å². The van der Waals surface area contributed by atoms with Gasteiger partial charge in [-0.15, -0.1) is 0 Å². The molecule has 5 aliphatic heterocycles. The van der Waals surface area contributed by atoms with Gasteiger partial charge in [0, 0.05) is 13.8 Å². The molecule has 0 unspecified atom stereocenters. The van der Waals surface area contributed by atoms with Gasteiger partial charge in [-0.2, -0.15) is 0 Å². The average Bonchev–Trinajstić information content (AvgIpc) is 3.23. The first-order chi connectivity index (χ1) is 29.3. The Morgan fingerprint density at radius 2 is 0.726 bits per heavy atom. The van der Waals surface area contributed by atoms with E-state index in [9.17, 15) is 86.2 Å². The van der Waals surface area contributed by atoms with Crippen molar-refractivity contribution in [3.05, 3.63) is 0 Å². The van der Waals surface area contributed by atoms with E-state index < -0.39 is 198 Å². The van der Waals surface area contributed by atoms with E-state index in [1.54, 1.807) is 0 Å². The lowest BCUT2D eigenvalue weighted by atomic mass is 9.94. The Labute approximate surface area is 351 Å². The quantitative estimate of drug-likeness (QED) is 0.0725. The third kappa shape index (κ3) is 10.8. The van der Waals surface area contributed by atoms with Crippen molar-refractivity contribution in [2.24, 2.45) is 0 Å². The van der Waals surface area contributed by atoms with Gasteiger partial charge in [0.1, 0.15) is 122 Å². The highest BCUT2D eigenvalue weighted by atomic mass is 16.8. The molecule has 5 aliphatic rings. The van der Waals surface area contributed by atoms with Gasteiger partial charge in [0.15, 0.2) is 31.5 Å². The van der Waals surface area contributed by atoms with Gasteiger partial charge >= 0.3 is 0 Å². The van der Waals surface area contributed by atoms with Crippen molar-refractivity contribution >= 4 is 11.8 Å². The summed E-state index contributed by atoms with van der Waals surface area (Å²) in [7, 11) is 0. The second-order valence-electron chi connectivity index (χ2n) is 15.4. The van der Waals surface area contributed by atoms with Crippen molar-refractivity contribution in [1.82, 2.24) is 10.6 Å². The van der Waals surface area contributed by atoms with Crippen LogP contribution in [0.25, 0.3) is 0 Å². The molecule has 5 fully saturated rings. The summed E-state index contributed by atoms with van der Waals surface area (Å²) in [4.78, 5) is 24.4. The molecular formula is C34H58N2O26. The molecule has 0 aliphatic carbocycles. The third-order valence-corrected chi connectivity index (χ3v) is 11.1. The number of hydrogen-bond donors (Lipinski definition) is 17. The van der Waals surface area contributed by atoms with Crippen LogP contribution in [0.5, 0.6) is 0 Å². The number of aliphatic hydroxyl groups excluding tert-OH is 15. The van der Waals surface area contributed by atoms with Gasteiger partial charge in [-0.1, -0.05) is 0 Å². The molecule has 5 saturated heterocycles. The normalized spacial score (nSPS) is 49.0. The maximum Gasteiger partial charge on any atom is 0.217 e. The lowest BCUT2D eigenvalue weighted by molar-refractivity contribution is -0.384. The molecule has 0 aromatic rings. The van der Waals surface area contributed by atoms with Crippen LogP contribution in [0.15, 0.2) is 0 Å². The zero-order valence-corrected chi connectivity index (χ0v) is 33.2. The summed E-state index contributed by atoms with van der Waals surface area (Å²) in [6, 6.07) is -3.28. The first kappa shape index (κ1) is 51.0. The molecule has 0 radical (unpaired) electrons. The summed E-state index contributed by atoms with van der Waals surface area (Å²) in [5, 5.41) is 163. The predicted molar refractivity (Wildman–Crippen MR) is 190 cm³/mol. The Morgan fingerprint density at radius 1 is 0.387 bits per heavy atom. The molecule has 0 aromatic carbocycles. The Balaban J connectivity index is 1.37. The molecule has 0 aromatic heterocycles. The van der Waals surface area contributed by atoms with E-state index in [4.69, 9.17) is 42.6 Å². The fraction of sp³-hybridized carbons (Fsp3) is 0.941. The van der Waals surface area contributed by atoms with Crippen LogP contribution >= 0.6 is 0 Å². The van der Waals surface area contributed by atoms with Crippen LogP contribution in [0.2, 0.25) is 0 Å². The highest BCUT2D eigenvalue weighted by Crippen LogP contribution is 2.35. The van der Waals surface area contributed by atoms with Gasteiger partial charge in [0.05, 0.1) is 33.0 Å². The van der Waals surface area contributed by atoms with Gasteiger partial charge < -0.3 is 130 Å². The molecule has 28 heteroatoms. The van der Waals surface area contributed by atoms with E-state index in [2.05, 4.69) is 10.6 Å². The lowest BCUT2D eigenvalue weighted by Gasteiger charge is -2.50. The summed E-state index contributed by atoms with van der Waals surface area (Å²) in [5.41, 5.74) is 0. The number of carbonyl (C=O) groups excluding carboxylic acids is 2. The van der Waals surface area contributed by atoms with E-state index in [0.717, 1.165) is 13.8 Å². The SMILES string of the molecule is CC(=O)N[C@H]1[C@H](O[C@H]2[C@@H](O)[C@@H](CO)O[C@@H](O[C@H]3[C@H](O)[C@@H](O)[C@@H](O)O[C@@H]3CO)[C@@H]2O)O[C@H](CO)[C@@H](O[C@@H]2O[C@H](CO)[C@H](O)[C@H](O[C@H]3O[C@H](CO)[C@H](O)[C@H](O)[C@H]3NC(C)=O)[C@H]2O)[C@@H]1O. The smallest absolute Gasteiger partial charge is 0.217 e. The summed E-state index contributed by atoms with van der Waals surface area (Å²) in [6.07, 6.45) is -42.2. The highest BCUT2D eigenvalue weighted by Gasteiger charge is 2.57. The number of carbonyl (C=O) groups is 2. The number of amides is 2. The van der Waals surface area contributed by atoms with Crippen molar-refractivity contribution in [2.45, 2.75) is 167 Å². The molecule has 0 bridgehead atoms. The highest BCUT2D eigenvalue weighted by molar-refractivity contribution is 5.73. The van der Waals surface area contributed by atoms with Gasteiger partial charge in [-0.05, 0) is 0 Å². The van der Waals surface area contributed by atoms with E-state index in [1.807, 2.05) is 0 Å². The molecule has 5 heterocycles. The predicted octanol–water partition coefficient (Wildman–Crippen LogP) is -11.6. The largest absolute Gasteiger partial charge is 0.394 e. The molecule has 360 valence electrons. The fourth-order valence-corrected chi connectivity index (χ4v) is 7.83. The number of nitrogens with one attached hydrogen (secondary N) is 2. The molecule has 62 heavy (non-hydrogen) atoms. The standard InChI is InChI=1S/C34H58N2O26/c1-8(42)35-15-20(47)17(44)10(3-37)55-31(15)61-28-18(45)11(4-38)56-33(24(28)51)59-26-14(7-41)58-32(16(21(26)48)36-9(2)43)62-29-19(46)12(5-39)57-34(25(29)52)60-27-13(6-40)54-30(53)23(50)22(27)49/h10-34,37-41,44-53H,3-7H2,1-2H3,(H,35,42)(H,36,43)/t10-,11-,12-,13-,14-,15-,16-,17+,18+,19+,20-,21-,22-,23-,24-,25-,26-,27-,28+,29+,30+,31-,32+,33+,34+/m1/s1. The summed E-state index contributed by atoms with van der Waals surface area (Å²) >= 11 is 0. The molecule has 17 N–H and O–H groups in total. The number of hydrogen-bond acceptors (Lipinski definition) is 26. The van der Waals surface area contributed by atoms with Gasteiger partial charge in [-0.25, -0.2) is 0 Å². The van der Waals surface area contributed by atoms with Gasteiger partial charge in [0.2, 0.25) is 11.8 Å². The summed E-state index contributed by atoms with van der Waals surface area (Å²) in [5.74, 6) is -1.55. The number of ether oxygens (including phenoxy) is 9. The van der Waals surface area contributed by atoms with Crippen molar-refractivity contribution in [2.75, 3.05) is 33.0 Å². The Morgan fingerprint density at radius 3 is 1.15 bits per heavy atom. The minimum Gasteiger partial charge on any atom is -0.394 e. The van der Waals surface area contributed by atoms with Crippen LogP contribution in [0.4, 0.5) is 0 Å². The monoisotopic (exact) mass is 910 g/mol. The number of aliphatic hydroxyl groups is 15. The van der Waals surface area contributed by atoms with Crippen LogP contribution in [0, 0.1) is 0 Å². The van der Waals surface area contributed by atoms with E-state index in [-0.39, 0.29) is 0 Å².